The summed E-state index contributed by atoms with van der Waals surface area (Å²) in [6, 6.07) is 6.08. The van der Waals surface area contributed by atoms with Crippen molar-refractivity contribution in [3.63, 3.8) is 0 Å². The summed E-state index contributed by atoms with van der Waals surface area (Å²) in [7, 11) is 0. The van der Waals surface area contributed by atoms with E-state index in [1.165, 1.54) is 0 Å². The summed E-state index contributed by atoms with van der Waals surface area (Å²) in [5.74, 6) is 0.236. The molecule has 0 N–H and O–H groups in total. The molecule has 1 aromatic heterocycles. The highest BCUT2D eigenvalue weighted by Gasteiger charge is 2.17. The van der Waals surface area contributed by atoms with Crippen molar-refractivity contribution in [2.24, 2.45) is 0 Å². The van der Waals surface area contributed by atoms with Gasteiger partial charge in [0.2, 0.25) is 0 Å². The van der Waals surface area contributed by atoms with Crippen molar-refractivity contribution >= 4 is 28.8 Å². The molecule has 2 aromatic rings. The number of nitrogens with zero attached hydrogens (tertiary/aromatic N) is 1. The third-order valence-corrected chi connectivity index (χ3v) is 3.50. The van der Waals surface area contributed by atoms with Gasteiger partial charge in [-0.2, -0.15) is 0 Å². The molecule has 0 saturated carbocycles. The van der Waals surface area contributed by atoms with Crippen molar-refractivity contribution in [1.82, 2.24) is 4.98 Å². The Morgan fingerprint density at radius 2 is 2.11 bits per heavy atom. The van der Waals surface area contributed by atoms with Gasteiger partial charge in [-0.1, -0.05) is 50.6 Å². The first-order valence-electron chi connectivity index (χ1n) is 6.16. The van der Waals surface area contributed by atoms with Crippen molar-refractivity contribution in [2.45, 2.75) is 33.1 Å². The maximum absolute atomic E-state index is 11.2. The van der Waals surface area contributed by atoms with Gasteiger partial charge in [-0.05, 0) is 23.5 Å². The van der Waals surface area contributed by atoms with E-state index in [-0.39, 0.29) is 5.92 Å². The van der Waals surface area contributed by atoms with E-state index in [2.05, 4.69) is 31.8 Å². The lowest BCUT2D eigenvalue weighted by Crippen LogP contribution is -2.02. The molecule has 0 aliphatic heterocycles. The van der Waals surface area contributed by atoms with Gasteiger partial charge in [0.05, 0.1) is 11.1 Å². The highest BCUT2D eigenvalue weighted by molar-refractivity contribution is 6.32. The molecule has 0 amide bonds. The van der Waals surface area contributed by atoms with Crippen LogP contribution in [0.4, 0.5) is 0 Å². The molecule has 0 spiro atoms. The number of aldehydes is 1. The topological polar surface area (TPSA) is 30.0 Å². The number of carbonyl (C=O) groups is 1. The van der Waals surface area contributed by atoms with E-state index in [9.17, 15) is 4.79 Å². The molecule has 0 aliphatic rings. The zero-order valence-corrected chi connectivity index (χ0v) is 11.6. The fourth-order valence-electron chi connectivity index (χ4n) is 2.37. The van der Waals surface area contributed by atoms with Gasteiger partial charge in [0, 0.05) is 5.39 Å². The summed E-state index contributed by atoms with van der Waals surface area (Å²) in [5, 5.41) is 1.35. The van der Waals surface area contributed by atoms with Crippen LogP contribution in [0.2, 0.25) is 5.15 Å². The van der Waals surface area contributed by atoms with Crippen LogP contribution in [0.5, 0.6) is 0 Å². The number of pyridine rings is 1. The number of carbonyl (C=O) groups excluding carboxylic acids is 1. The molecule has 0 bridgehead atoms. The molecule has 94 valence electrons. The molecule has 18 heavy (non-hydrogen) atoms. The molecule has 3 heteroatoms. The molecule has 1 heterocycles. The fourth-order valence-corrected chi connectivity index (χ4v) is 2.61. The lowest BCUT2D eigenvalue weighted by atomic mass is 9.93. The Balaban J connectivity index is 2.95. The standard InChI is InChI=1S/C15H16ClNO/c1-4-10-6-5-7-11-13(9(2)3)12(8-18)15(16)17-14(10)11/h5-9H,4H2,1-3H3. The molecular weight excluding hydrogens is 246 g/mol. The number of aromatic nitrogens is 1. The van der Waals surface area contributed by atoms with Crippen LogP contribution < -0.4 is 0 Å². The lowest BCUT2D eigenvalue weighted by molar-refractivity contribution is 0.112. The summed E-state index contributed by atoms with van der Waals surface area (Å²) in [4.78, 5) is 15.6. The van der Waals surface area contributed by atoms with E-state index in [0.717, 1.165) is 34.7 Å². The fraction of sp³-hybridized carbons (Fsp3) is 0.333. The van der Waals surface area contributed by atoms with E-state index in [4.69, 9.17) is 11.6 Å². The SMILES string of the molecule is CCc1cccc2c(C(C)C)c(C=O)c(Cl)nc12. The van der Waals surface area contributed by atoms with Crippen molar-refractivity contribution < 1.29 is 4.79 Å². The van der Waals surface area contributed by atoms with Crippen LogP contribution in [-0.2, 0) is 6.42 Å². The zero-order chi connectivity index (χ0) is 13.3. The molecule has 1 aromatic carbocycles. The normalized spacial score (nSPS) is 11.2. The molecule has 0 atom stereocenters. The maximum Gasteiger partial charge on any atom is 0.153 e. The zero-order valence-electron chi connectivity index (χ0n) is 10.8. The number of hydrogen-bond donors (Lipinski definition) is 0. The number of halogens is 1. The van der Waals surface area contributed by atoms with Crippen molar-refractivity contribution in [3.8, 4) is 0 Å². The summed E-state index contributed by atoms with van der Waals surface area (Å²) in [5.41, 5.74) is 3.59. The minimum atomic E-state index is 0.236. The van der Waals surface area contributed by atoms with Crippen molar-refractivity contribution in [3.05, 3.63) is 40.0 Å². The Hall–Kier alpha value is -1.41. The molecule has 2 nitrogen and oxygen atoms in total. The third kappa shape index (κ3) is 2.01. The van der Waals surface area contributed by atoms with Crippen LogP contribution in [0.15, 0.2) is 18.2 Å². The summed E-state index contributed by atoms with van der Waals surface area (Å²) < 4.78 is 0. The first-order valence-corrected chi connectivity index (χ1v) is 6.54. The quantitative estimate of drug-likeness (QED) is 0.606. The number of para-hydroxylation sites is 1. The van der Waals surface area contributed by atoms with Crippen molar-refractivity contribution in [1.29, 1.82) is 0 Å². The molecule has 0 radical (unpaired) electrons. The monoisotopic (exact) mass is 261 g/mol. The molecule has 0 unspecified atom stereocenters. The Labute approximate surface area is 112 Å². The van der Waals surface area contributed by atoms with Gasteiger partial charge < -0.3 is 0 Å². The van der Waals surface area contributed by atoms with Crippen LogP contribution >= 0.6 is 11.6 Å². The molecular formula is C15H16ClNO. The van der Waals surface area contributed by atoms with Crippen LogP contribution in [0.1, 0.15) is 48.2 Å². The number of benzene rings is 1. The number of aryl methyl sites for hydroxylation is 1. The second-order valence-electron chi connectivity index (χ2n) is 4.67. The Kier molecular flexibility index (Phi) is 3.67. The van der Waals surface area contributed by atoms with Gasteiger partial charge >= 0.3 is 0 Å². The van der Waals surface area contributed by atoms with Gasteiger partial charge in [0.1, 0.15) is 5.15 Å². The van der Waals surface area contributed by atoms with Crippen molar-refractivity contribution in [2.75, 3.05) is 0 Å². The minimum Gasteiger partial charge on any atom is -0.298 e. The molecule has 0 saturated heterocycles. The Morgan fingerprint density at radius 3 is 2.67 bits per heavy atom. The molecule has 0 fully saturated rings. The first-order chi connectivity index (χ1) is 8.60. The highest BCUT2D eigenvalue weighted by Crippen LogP contribution is 2.32. The van der Waals surface area contributed by atoms with Crippen LogP contribution in [-0.4, -0.2) is 11.3 Å². The number of fused-ring (bicyclic) bond motifs is 1. The Morgan fingerprint density at radius 1 is 1.39 bits per heavy atom. The third-order valence-electron chi connectivity index (χ3n) is 3.21. The lowest BCUT2D eigenvalue weighted by Gasteiger charge is -2.15. The van der Waals surface area contributed by atoms with Gasteiger partial charge in [-0.3, -0.25) is 4.79 Å². The molecule has 2 rings (SSSR count). The number of hydrogen-bond acceptors (Lipinski definition) is 2. The average Bonchev–Trinajstić information content (AvgIpc) is 2.36. The van der Waals surface area contributed by atoms with E-state index in [1.807, 2.05) is 12.1 Å². The maximum atomic E-state index is 11.2. The smallest absolute Gasteiger partial charge is 0.153 e. The number of rotatable bonds is 3. The summed E-state index contributed by atoms with van der Waals surface area (Å²) in [6.07, 6.45) is 1.71. The van der Waals surface area contributed by atoms with E-state index >= 15 is 0 Å². The second-order valence-corrected chi connectivity index (χ2v) is 5.03. The Bertz CT molecular complexity index is 605. The average molecular weight is 262 g/mol. The predicted octanol–water partition coefficient (Wildman–Crippen LogP) is 4.39. The van der Waals surface area contributed by atoms with Crippen LogP contribution in [0.3, 0.4) is 0 Å². The van der Waals surface area contributed by atoms with Crippen LogP contribution in [0, 0.1) is 0 Å². The predicted molar refractivity (Wildman–Crippen MR) is 75.6 cm³/mol. The summed E-state index contributed by atoms with van der Waals surface area (Å²) in [6.45, 7) is 6.22. The van der Waals surface area contributed by atoms with Gasteiger partial charge in [-0.15, -0.1) is 0 Å². The van der Waals surface area contributed by atoms with Gasteiger partial charge in [0.15, 0.2) is 6.29 Å². The largest absolute Gasteiger partial charge is 0.298 e. The van der Waals surface area contributed by atoms with E-state index in [0.29, 0.717) is 10.7 Å². The van der Waals surface area contributed by atoms with E-state index in [1.54, 1.807) is 0 Å². The molecule has 0 aliphatic carbocycles. The van der Waals surface area contributed by atoms with Gasteiger partial charge in [0.25, 0.3) is 0 Å². The second kappa shape index (κ2) is 5.07. The van der Waals surface area contributed by atoms with Crippen LogP contribution in [0.25, 0.3) is 10.9 Å². The van der Waals surface area contributed by atoms with E-state index < -0.39 is 0 Å². The minimum absolute atomic E-state index is 0.236. The van der Waals surface area contributed by atoms with Gasteiger partial charge in [-0.25, -0.2) is 4.98 Å². The summed E-state index contributed by atoms with van der Waals surface area (Å²) >= 11 is 6.14. The first kappa shape index (κ1) is 13.0. The highest BCUT2D eigenvalue weighted by atomic mass is 35.5.